The molecule has 0 saturated heterocycles. The molecule has 0 unspecified atom stereocenters. The van der Waals surface area contributed by atoms with Gasteiger partial charge >= 0.3 is 0 Å². The first-order valence-electron chi connectivity index (χ1n) is 8.28. The highest BCUT2D eigenvalue weighted by atomic mass is 19.1. The molecule has 25 heavy (non-hydrogen) atoms. The number of hydrogen-bond acceptors (Lipinski definition) is 1. The van der Waals surface area contributed by atoms with E-state index in [4.69, 9.17) is 5.73 Å². The Hall–Kier alpha value is -2.88. The van der Waals surface area contributed by atoms with E-state index in [2.05, 4.69) is 4.57 Å². The lowest BCUT2D eigenvalue weighted by Gasteiger charge is -2.13. The Morgan fingerprint density at radius 2 is 1.80 bits per heavy atom. The number of nitrogens with zero attached hydrogens (tertiary/aromatic N) is 1. The molecule has 0 aliphatic carbocycles. The fourth-order valence-corrected chi connectivity index (χ4v) is 3.44. The number of primary amides is 1. The van der Waals surface area contributed by atoms with E-state index in [0.29, 0.717) is 18.5 Å². The van der Waals surface area contributed by atoms with Crippen molar-refractivity contribution in [2.24, 2.45) is 5.73 Å². The standard InChI is InChI=1S/C21H21FN2O/c1-14-19(21(23)25)15(2)24(20(14)17-8-4-3-5-9-17)12-11-16-7-6-10-18(22)13-16/h3-10,13H,11-12H2,1-2H3,(H2,23,25). The average molecular weight is 336 g/mol. The van der Waals surface area contributed by atoms with Crippen molar-refractivity contribution in [2.75, 3.05) is 0 Å². The van der Waals surface area contributed by atoms with Gasteiger partial charge in [-0.3, -0.25) is 4.79 Å². The third-order valence-corrected chi connectivity index (χ3v) is 4.57. The van der Waals surface area contributed by atoms with Gasteiger partial charge in [-0.05, 0) is 49.1 Å². The van der Waals surface area contributed by atoms with Crippen LogP contribution >= 0.6 is 0 Å². The topological polar surface area (TPSA) is 48.0 Å². The van der Waals surface area contributed by atoms with E-state index in [-0.39, 0.29) is 5.82 Å². The van der Waals surface area contributed by atoms with Crippen molar-refractivity contribution < 1.29 is 9.18 Å². The smallest absolute Gasteiger partial charge is 0.250 e. The molecule has 1 amide bonds. The van der Waals surface area contributed by atoms with E-state index in [0.717, 1.165) is 28.1 Å². The Morgan fingerprint density at radius 1 is 1.08 bits per heavy atom. The zero-order valence-corrected chi connectivity index (χ0v) is 14.4. The van der Waals surface area contributed by atoms with Gasteiger partial charge in [-0.25, -0.2) is 4.39 Å². The van der Waals surface area contributed by atoms with Gasteiger partial charge in [0.25, 0.3) is 5.91 Å². The second kappa shape index (κ2) is 6.93. The minimum absolute atomic E-state index is 0.237. The van der Waals surface area contributed by atoms with Gasteiger partial charge in [-0.2, -0.15) is 0 Å². The number of amides is 1. The molecule has 0 saturated carbocycles. The molecule has 3 aromatic rings. The van der Waals surface area contributed by atoms with E-state index in [1.807, 2.05) is 50.2 Å². The molecule has 128 valence electrons. The molecule has 2 aromatic carbocycles. The highest BCUT2D eigenvalue weighted by Gasteiger charge is 2.21. The molecule has 0 aliphatic heterocycles. The van der Waals surface area contributed by atoms with E-state index >= 15 is 0 Å². The summed E-state index contributed by atoms with van der Waals surface area (Å²) >= 11 is 0. The molecular formula is C21H21FN2O. The third kappa shape index (κ3) is 3.33. The molecule has 0 atom stereocenters. The van der Waals surface area contributed by atoms with Crippen molar-refractivity contribution in [1.29, 1.82) is 0 Å². The van der Waals surface area contributed by atoms with Crippen LogP contribution < -0.4 is 5.73 Å². The molecule has 0 spiro atoms. The van der Waals surface area contributed by atoms with Gasteiger partial charge in [-0.15, -0.1) is 0 Å². The highest BCUT2D eigenvalue weighted by Crippen LogP contribution is 2.31. The van der Waals surface area contributed by atoms with E-state index in [1.165, 1.54) is 6.07 Å². The van der Waals surface area contributed by atoms with Gasteiger partial charge in [0.15, 0.2) is 0 Å². The van der Waals surface area contributed by atoms with Crippen LogP contribution in [0, 0.1) is 19.7 Å². The molecule has 1 aromatic heterocycles. The normalized spacial score (nSPS) is 10.8. The number of hydrogen-bond donors (Lipinski definition) is 1. The Labute approximate surface area is 146 Å². The fourth-order valence-electron chi connectivity index (χ4n) is 3.44. The Balaban J connectivity index is 2.05. The SMILES string of the molecule is Cc1c(C(N)=O)c(C)n(CCc2cccc(F)c2)c1-c1ccccc1. The van der Waals surface area contributed by atoms with Crippen LogP contribution in [0.3, 0.4) is 0 Å². The summed E-state index contributed by atoms with van der Waals surface area (Å²) in [5.74, 6) is -0.657. The van der Waals surface area contributed by atoms with Gasteiger partial charge in [0.2, 0.25) is 0 Å². The molecule has 0 fully saturated rings. The Morgan fingerprint density at radius 3 is 2.44 bits per heavy atom. The number of aromatic nitrogens is 1. The number of nitrogens with two attached hydrogens (primary N) is 1. The van der Waals surface area contributed by atoms with Gasteiger partial charge in [0.05, 0.1) is 11.3 Å². The predicted octanol–water partition coefficient (Wildman–Crippen LogP) is 4.25. The predicted molar refractivity (Wildman–Crippen MR) is 98.0 cm³/mol. The van der Waals surface area contributed by atoms with Crippen molar-refractivity contribution in [3.63, 3.8) is 0 Å². The van der Waals surface area contributed by atoms with E-state index in [1.54, 1.807) is 12.1 Å². The lowest BCUT2D eigenvalue weighted by molar-refractivity contribution is 0.0999. The number of carbonyl (C=O) groups excluding carboxylic acids is 1. The first-order chi connectivity index (χ1) is 12.0. The summed E-state index contributed by atoms with van der Waals surface area (Å²) in [6.07, 6.45) is 0.671. The van der Waals surface area contributed by atoms with Crippen LogP contribution in [0.2, 0.25) is 0 Å². The first-order valence-corrected chi connectivity index (χ1v) is 8.28. The molecule has 0 radical (unpaired) electrons. The molecule has 3 rings (SSSR count). The maximum Gasteiger partial charge on any atom is 0.250 e. The van der Waals surface area contributed by atoms with Crippen LogP contribution in [0.15, 0.2) is 54.6 Å². The molecule has 1 heterocycles. The van der Waals surface area contributed by atoms with Gasteiger partial charge < -0.3 is 10.3 Å². The van der Waals surface area contributed by atoms with Crippen molar-refractivity contribution in [1.82, 2.24) is 4.57 Å². The summed E-state index contributed by atoms with van der Waals surface area (Å²) < 4.78 is 15.5. The van der Waals surface area contributed by atoms with Crippen LogP contribution in [-0.2, 0) is 13.0 Å². The van der Waals surface area contributed by atoms with Crippen molar-refractivity contribution >= 4 is 5.91 Å². The fraction of sp³-hybridized carbons (Fsp3) is 0.190. The summed E-state index contributed by atoms with van der Waals surface area (Å²) in [6.45, 7) is 4.48. The molecule has 0 bridgehead atoms. The van der Waals surface area contributed by atoms with Crippen LogP contribution in [0.25, 0.3) is 11.3 Å². The largest absolute Gasteiger partial charge is 0.366 e. The van der Waals surface area contributed by atoms with Gasteiger partial charge in [0, 0.05) is 12.2 Å². The Kier molecular flexibility index (Phi) is 4.70. The number of aryl methyl sites for hydroxylation is 1. The maximum absolute atomic E-state index is 13.4. The molecular weight excluding hydrogens is 315 g/mol. The lowest BCUT2D eigenvalue weighted by atomic mass is 10.0. The molecule has 0 aliphatic rings. The average Bonchev–Trinajstić information content (AvgIpc) is 2.84. The van der Waals surface area contributed by atoms with Crippen LogP contribution in [0.1, 0.15) is 27.2 Å². The van der Waals surface area contributed by atoms with Gasteiger partial charge in [0.1, 0.15) is 5.82 Å². The van der Waals surface area contributed by atoms with Crippen LogP contribution in [0.5, 0.6) is 0 Å². The molecule has 4 heteroatoms. The number of carbonyl (C=O) groups is 1. The van der Waals surface area contributed by atoms with Crippen molar-refractivity contribution in [3.8, 4) is 11.3 Å². The first kappa shape index (κ1) is 17.0. The molecule has 3 nitrogen and oxygen atoms in total. The highest BCUT2D eigenvalue weighted by molar-refractivity contribution is 5.97. The molecule has 2 N–H and O–H groups in total. The summed E-state index contributed by atoms with van der Waals surface area (Å²) in [5.41, 5.74) is 10.8. The summed E-state index contributed by atoms with van der Waals surface area (Å²) in [7, 11) is 0. The van der Waals surface area contributed by atoms with Crippen LogP contribution in [0.4, 0.5) is 4.39 Å². The lowest BCUT2D eigenvalue weighted by Crippen LogP contribution is -2.13. The number of rotatable bonds is 5. The van der Waals surface area contributed by atoms with E-state index < -0.39 is 5.91 Å². The summed E-state index contributed by atoms with van der Waals surface area (Å²) in [4.78, 5) is 11.9. The second-order valence-corrected chi connectivity index (χ2v) is 6.20. The maximum atomic E-state index is 13.4. The van der Waals surface area contributed by atoms with Crippen molar-refractivity contribution in [3.05, 3.63) is 82.8 Å². The quantitative estimate of drug-likeness (QED) is 0.744. The Bertz CT molecular complexity index is 913. The summed E-state index contributed by atoms with van der Waals surface area (Å²) in [5, 5.41) is 0. The van der Waals surface area contributed by atoms with Gasteiger partial charge in [-0.1, -0.05) is 42.5 Å². The minimum Gasteiger partial charge on any atom is -0.366 e. The third-order valence-electron chi connectivity index (χ3n) is 4.57. The number of benzene rings is 2. The van der Waals surface area contributed by atoms with Crippen LogP contribution in [-0.4, -0.2) is 10.5 Å². The zero-order valence-electron chi connectivity index (χ0n) is 14.4. The number of halogens is 1. The monoisotopic (exact) mass is 336 g/mol. The summed E-state index contributed by atoms with van der Waals surface area (Å²) in [6, 6.07) is 16.5. The second-order valence-electron chi connectivity index (χ2n) is 6.20. The van der Waals surface area contributed by atoms with Crippen molar-refractivity contribution in [2.45, 2.75) is 26.8 Å². The zero-order chi connectivity index (χ0) is 18.0. The van der Waals surface area contributed by atoms with E-state index in [9.17, 15) is 9.18 Å². The minimum atomic E-state index is -0.420.